The number of aromatic carboxylic acids is 3. The first-order valence-corrected chi connectivity index (χ1v) is 6.06. The fraction of sp³-hybridized carbons (Fsp3) is 0.154. The summed E-state index contributed by atoms with van der Waals surface area (Å²) in [6.45, 7) is 1.42. The molecule has 11 nitrogen and oxygen atoms in total. The van der Waals surface area contributed by atoms with Gasteiger partial charge in [0.1, 0.15) is 6.04 Å². The molecular weight excluding hydrogens is 328 g/mol. The predicted octanol–water partition coefficient (Wildman–Crippen LogP) is -0.702. The minimum Gasteiger partial charge on any atom is -0.480 e. The second kappa shape index (κ2) is 8.24. The van der Waals surface area contributed by atoms with Crippen LogP contribution in [0, 0.1) is 0 Å². The van der Waals surface area contributed by atoms with Crippen LogP contribution in [-0.4, -0.2) is 56.3 Å². The maximum absolute atomic E-state index is 11.0. The number of carboxylic acid groups (broad SMARTS) is 4. The van der Waals surface area contributed by atoms with Gasteiger partial charge < -0.3 is 31.9 Å². The highest BCUT2D eigenvalue weighted by Gasteiger charge is 2.24. The average molecular weight is 342 g/mol. The number of aliphatic carboxylic acids is 1. The summed E-state index contributed by atoms with van der Waals surface area (Å²) in [4.78, 5) is 53.0. The molecule has 0 aliphatic rings. The predicted molar refractivity (Wildman–Crippen MR) is 77.1 cm³/mol. The van der Waals surface area contributed by atoms with E-state index < -0.39 is 58.1 Å². The lowest BCUT2D eigenvalue weighted by atomic mass is 9.98. The van der Waals surface area contributed by atoms with Crippen molar-refractivity contribution in [2.75, 3.05) is 0 Å². The van der Waals surface area contributed by atoms with E-state index in [1.54, 1.807) is 0 Å². The minimum absolute atomic E-state index is 0.565. The Hall–Kier alpha value is -3.47. The van der Waals surface area contributed by atoms with Crippen LogP contribution in [-0.2, 0) is 4.79 Å². The Balaban J connectivity index is 0.000000754. The number of benzene rings is 1. The molecule has 0 fully saturated rings. The summed E-state index contributed by atoms with van der Waals surface area (Å²) in [5, 5.41) is 34.2. The van der Waals surface area contributed by atoms with Gasteiger partial charge in [-0.05, 0) is 19.1 Å². The van der Waals surface area contributed by atoms with Gasteiger partial charge in [0, 0.05) is 0 Å². The first kappa shape index (κ1) is 20.5. The van der Waals surface area contributed by atoms with Crippen molar-refractivity contribution in [1.29, 1.82) is 0 Å². The standard InChI is InChI=1S/C10H7NO7.C3H7NO2/c11-7(12)3-1-5(9(15)16)6(10(17)18)2-4(3)8(13)14;1-2(4)3(5)6/h1-2H,(H2,11,12)(H,13,14)(H,15,16)(H,17,18);2H,4H2,1H3,(H,5,6). The van der Waals surface area contributed by atoms with Gasteiger partial charge in [0.15, 0.2) is 0 Å². The Morgan fingerprint density at radius 3 is 1.25 bits per heavy atom. The van der Waals surface area contributed by atoms with Gasteiger partial charge in [0.2, 0.25) is 5.91 Å². The normalized spacial score (nSPS) is 10.8. The Morgan fingerprint density at radius 2 is 1.04 bits per heavy atom. The Morgan fingerprint density at radius 1 is 0.792 bits per heavy atom. The molecule has 0 heterocycles. The molecule has 1 aromatic rings. The van der Waals surface area contributed by atoms with Crippen LogP contribution in [0.5, 0.6) is 0 Å². The smallest absolute Gasteiger partial charge is 0.336 e. The Kier molecular flexibility index (Phi) is 7.05. The van der Waals surface area contributed by atoms with E-state index in [4.69, 9.17) is 31.9 Å². The van der Waals surface area contributed by atoms with Crippen molar-refractivity contribution in [3.05, 3.63) is 34.4 Å². The number of carbonyl (C=O) groups is 5. The van der Waals surface area contributed by atoms with Gasteiger partial charge >= 0.3 is 23.9 Å². The zero-order valence-electron chi connectivity index (χ0n) is 12.2. The molecule has 1 rings (SSSR count). The van der Waals surface area contributed by atoms with Crippen molar-refractivity contribution in [3.63, 3.8) is 0 Å². The van der Waals surface area contributed by atoms with E-state index in [2.05, 4.69) is 0 Å². The molecule has 0 aliphatic heterocycles. The highest BCUT2D eigenvalue weighted by Crippen LogP contribution is 2.18. The summed E-state index contributed by atoms with van der Waals surface area (Å²) >= 11 is 0. The molecule has 1 aromatic carbocycles. The van der Waals surface area contributed by atoms with Gasteiger partial charge in [-0.3, -0.25) is 9.59 Å². The first-order chi connectivity index (χ1) is 10.9. The Bertz CT molecular complexity index is 611. The van der Waals surface area contributed by atoms with Crippen LogP contribution in [0.15, 0.2) is 12.1 Å². The van der Waals surface area contributed by atoms with E-state index in [0.29, 0.717) is 12.1 Å². The van der Waals surface area contributed by atoms with E-state index in [1.807, 2.05) is 0 Å². The average Bonchev–Trinajstić information content (AvgIpc) is 2.45. The molecular formula is C13H14N2O9. The fourth-order valence-corrected chi connectivity index (χ4v) is 1.33. The van der Waals surface area contributed by atoms with Crippen LogP contribution < -0.4 is 11.5 Å². The summed E-state index contributed by atoms with van der Waals surface area (Å²) in [6, 6.07) is 0.496. The third kappa shape index (κ3) is 5.38. The van der Waals surface area contributed by atoms with E-state index >= 15 is 0 Å². The third-order valence-corrected chi connectivity index (χ3v) is 2.50. The van der Waals surface area contributed by atoms with Gasteiger partial charge in [-0.15, -0.1) is 0 Å². The Labute approximate surface area is 134 Å². The molecule has 0 aromatic heterocycles. The summed E-state index contributed by atoms with van der Waals surface area (Å²) in [5.74, 6) is -6.93. The van der Waals surface area contributed by atoms with E-state index in [9.17, 15) is 24.0 Å². The molecule has 0 saturated heterocycles. The van der Waals surface area contributed by atoms with Gasteiger partial charge in [0.25, 0.3) is 0 Å². The van der Waals surface area contributed by atoms with Crippen molar-refractivity contribution in [2.24, 2.45) is 11.5 Å². The fourth-order valence-electron chi connectivity index (χ4n) is 1.33. The molecule has 130 valence electrons. The first-order valence-electron chi connectivity index (χ1n) is 6.06. The second-order valence-electron chi connectivity index (χ2n) is 4.35. The van der Waals surface area contributed by atoms with Gasteiger partial charge in [-0.25, -0.2) is 14.4 Å². The summed E-state index contributed by atoms with van der Waals surface area (Å²) in [7, 11) is 0. The third-order valence-electron chi connectivity index (χ3n) is 2.50. The molecule has 1 unspecified atom stereocenters. The number of carbonyl (C=O) groups excluding carboxylic acids is 1. The molecule has 0 radical (unpaired) electrons. The van der Waals surface area contributed by atoms with Crippen LogP contribution in [0.1, 0.15) is 48.4 Å². The van der Waals surface area contributed by atoms with Gasteiger partial charge in [0.05, 0.1) is 22.3 Å². The molecule has 0 aliphatic carbocycles. The van der Waals surface area contributed by atoms with Crippen LogP contribution in [0.25, 0.3) is 0 Å². The zero-order chi connectivity index (χ0) is 19.2. The number of hydrogen-bond donors (Lipinski definition) is 6. The SMILES string of the molecule is CC(N)C(=O)O.NC(=O)c1cc(C(=O)O)c(C(=O)O)cc1C(=O)O. The number of primary amides is 1. The van der Waals surface area contributed by atoms with Crippen molar-refractivity contribution < 1.29 is 44.4 Å². The summed E-state index contributed by atoms with van der Waals surface area (Å²) in [5.41, 5.74) is 7.07. The summed E-state index contributed by atoms with van der Waals surface area (Å²) < 4.78 is 0. The number of rotatable bonds is 5. The van der Waals surface area contributed by atoms with Crippen molar-refractivity contribution in [3.8, 4) is 0 Å². The minimum atomic E-state index is -1.62. The molecule has 24 heavy (non-hydrogen) atoms. The number of hydrogen-bond acceptors (Lipinski definition) is 6. The highest BCUT2D eigenvalue weighted by molar-refractivity contribution is 6.10. The van der Waals surface area contributed by atoms with Crippen LogP contribution >= 0.6 is 0 Å². The topological polar surface area (TPSA) is 218 Å². The molecule has 1 amide bonds. The molecule has 0 saturated carbocycles. The molecule has 8 N–H and O–H groups in total. The molecule has 0 bridgehead atoms. The largest absolute Gasteiger partial charge is 0.480 e. The highest BCUT2D eigenvalue weighted by atomic mass is 16.4. The number of carboxylic acids is 4. The lowest BCUT2D eigenvalue weighted by Gasteiger charge is -2.07. The van der Waals surface area contributed by atoms with Gasteiger partial charge in [-0.1, -0.05) is 0 Å². The maximum atomic E-state index is 11.0. The monoisotopic (exact) mass is 342 g/mol. The van der Waals surface area contributed by atoms with E-state index in [-0.39, 0.29) is 0 Å². The lowest BCUT2D eigenvalue weighted by Crippen LogP contribution is -2.25. The summed E-state index contributed by atoms with van der Waals surface area (Å²) in [6.07, 6.45) is 0. The molecule has 1 atom stereocenters. The molecule has 0 spiro atoms. The zero-order valence-corrected chi connectivity index (χ0v) is 12.2. The van der Waals surface area contributed by atoms with Crippen LogP contribution in [0.4, 0.5) is 0 Å². The van der Waals surface area contributed by atoms with Crippen LogP contribution in [0.2, 0.25) is 0 Å². The van der Waals surface area contributed by atoms with Gasteiger partial charge in [-0.2, -0.15) is 0 Å². The van der Waals surface area contributed by atoms with Crippen LogP contribution in [0.3, 0.4) is 0 Å². The number of nitrogens with two attached hydrogens (primary N) is 2. The van der Waals surface area contributed by atoms with Crippen molar-refractivity contribution in [2.45, 2.75) is 13.0 Å². The van der Waals surface area contributed by atoms with E-state index in [1.165, 1.54) is 6.92 Å². The van der Waals surface area contributed by atoms with Crippen molar-refractivity contribution >= 4 is 29.8 Å². The lowest BCUT2D eigenvalue weighted by molar-refractivity contribution is -0.138. The quantitative estimate of drug-likeness (QED) is 0.395. The second-order valence-corrected chi connectivity index (χ2v) is 4.35. The van der Waals surface area contributed by atoms with E-state index in [0.717, 1.165) is 0 Å². The van der Waals surface area contributed by atoms with Crippen molar-refractivity contribution in [1.82, 2.24) is 0 Å². The number of amides is 1. The maximum Gasteiger partial charge on any atom is 0.336 e. The molecule has 11 heteroatoms.